The third-order valence-electron chi connectivity index (χ3n) is 4.50. The summed E-state index contributed by atoms with van der Waals surface area (Å²) in [5, 5.41) is 3.30. The second-order valence-electron chi connectivity index (χ2n) is 6.61. The summed E-state index contributed by atoms with van der Waals surface area (Å²) in [5.74, 6) is -1.22. The third kappa shape index (κ3) is 4.47. The van der Waals surface area contributed by atoms with E-state index in [0.29, 0.717) is 34.0 Å². The monoisotopic (exact) mass is 447 g/mol. The van der Waals surface area contributed by atoms with Gasteiger partial charge in [-0.1, -0.05) is 23.2 Å². The molecule has 0 saturated carbocycles. The molecule has 1 unspecified atom stereocenters. The highest BCUT2D eigenvalue weighted by molar-refractivity contribution is 6.36. The number of benzene rings is 2. The molecule has 3 rings (SSSR count). The van der Waals surface area contributed by atoms with E-state index in [1.807, 2.05) is 6.92 Å². The van der Waals surface area contributed by atoms with Gasteiger partial charge in [-0.05, 0) is 57.2 Å². The minimum Gasteiger partial charge on any atom is -0.449 e. The van der Waals surface area contributed by atoms with Gasteiger partial charge in [-0.2, -0.15) is 0 Å². The Balaban J connectivity index is 1.77. The molecule has 0 radical (unpaired) electrons. The molecule has 1 atom stereocenters. The minimum atomic E-state index is -1.07. The molecule has 30 heavy (non-hydrogen) atoms. The topological polar surface area (TPSA) is 90.3 Å². The lowest BCUT2D eigenvalue weighted by molar-refractivity contribution is -0.123. The Labute approximate surface area is 182 Å². The van der Waals surface area contributed by atoms with Gasteiger partial charge in [0, 0.05) is 11.6 Å². The average Bonchev–Trinajstić information content (AvgIpc) is 2.70. The zero-order chi connectivity index (χ0) is 22.0. The average molecular weight is 448 g/mol. The summed E-state index contributed by atoms with van der Waals surface area (Å²) in [4.78, 5) is 41.4. The predicted molar refractivity (Wildman–Crippen MR) is 116 cm³/mol. The van der Waals surface area contributed by atoms with Crippen LogP contribution in [0.1, 0.15) is 29.9 Å². The van der Waals surface area contributed by atoms with E-state index in [0.717, 1.165) is 0 Å². The molecule has 7 nitrogen and oxygen atoms in total. The lowest BCUT2D eigenvalue weighted by atomic mass is 10.2. The number of anilines is 1. The summed E-state index contributed by atoms with van der Waals surface area (Å²) in [5.41, 5.74) is 1.85. The van der Waals surface area contributed by atoms with Gasteiger partial charge in [0.15, 0.2) is 6.10 Å². The minimum absolute atomic E-state index is 0.175. The quantitative estimate of drug-likeness (QED) is 0.591. The maximum absolute atomic E-state index is 12.5. The van der Waals surface area contributed by atoms with E-state index in [2.05, 4.69) is 10.3 Å². The van der Waals surface area contributed by atoms with E-state index >= 15 is 0 Å². The zero-order valence-electron chi connectivity index (χ0n) is 16.5. The van der Waals surface area contributed by atoms with Gasteiger partial charge in [0.1, 0.15) is 5.69 Å². The van der Waals surface area contributed by atoms with Crippen LogP contribution >= 0.6 is 23.2 Å². The Bertz CT molecular complexity index is 1210. The van der Waals surface area contributed by atoms with Crippen molar-refractivity contribution in [2.45, 2.75) is 33.4 Å². The van der Waals surface area contributed by atoms with E-state index in [1.165, 1.54) is 25.1 Å². The van der Waals surface area contributed by atoms with Gasteiger partial charge in [-0.15, -0.1) is 0 Å². The van der Waals surface area contributed by atoms with Crippen LogP contribution in [0.3, 0.4) is 0 Å². The normalized spacial score (nSPS) is 11.9. The van der Waals surface area contributed by atoms with Crippen molar-refractivity contribution in [1.82, 2.24) is 9.55 Å². The van der Waals surface area contributed by atoms with Crippen molar-refractivity contribution < 1.29 is 14.3 Å². The molecule has 2 aromatic carbocycles. The van der Waals surface area contributed by atoms with Crippen LogP contribution in [0.4, 0.5) is 5.69 Å². The van der Waals surface area contributed by atoms with Crippen LogP contribution in [0.2, 0.25) is 10.0 Å². The van der Waals surface area contributed by atoms with Gasteiger partial charge in [0.05, 0.1) is 27.3 Å². The fourth-order valence-electron chi connectivity index (χ4n) is 2.92. The van der Waals surface area contributed by atoms with E-state index in [-0.39, 0.29) is 16.1 Å². The number of fused-ring (bicyclic) bond motifs is 1. The highest BCUT2D eigenvalue weighted by Gasteiger charge is 2.20. The van der Waals surface area contributed by atoms with E-state index in [1.54, 1.807) is 29.7 Å². The molecule has 0 saturated heterocycles. The maximum Gasteiger partial charge on any atom is 0.338 e. The van der Waals surface area contributed by atoms with Gasteiger partial charge in [0.25, 0.3) is 11.5 Å². The lowest BCUT2D eigenvalue weighted by Crippen LogP contribution is -2.30. The van der Waals surface area contributed by atoms with E-state index in [9.17, 15) is 14.4 Å². The van der Waals surface area contributed by atoms with Crippen molar-refractivity contribution in [3.63, 3.8) is 0 Å². The van der Waals surface area contributed by atoms with Crippen molar-refractivity contribution in [2.75, 3.05) is 5.32 Å². The first-order valence-corrected chi connectivity index (χ1v) is 9.95. The molecule has 0 bridgehead atoms. The van der Waals surface area contributed by atoms with Crippen LogP contribution in [-0.4, -0.2) is 27.5 Å². The van der Waals surface area contributed by atoms with Crippen molar-refractivity contribution in [1.29, 1.82) is 0 Å². The third-order valence-corrected chi connectivity index (χ3v) is 5.05. The van der Waals surface area contributed by atoms with E-state index < -0.39 is 18.0 Å². The Morgan fingerprint density at radius 2 is 1.93 bits per heavy atom. The molecule has 1 amide bonds. The molecular formula is C21H19Cl2N3O4. The number of hydrogen-bond donors (Lipinski definition) is 1. The lowest BCUT2D eigenvalue weighted by Gasteiger charge is -2.15. The fourth-order valence-corrected chi connectivity index (χ4v) is 3.38. The first-order valence-electron chi connectivity index (χ1n) is 9.19. The second-order valence-corrected chi connectivity index (χ2v) is 7.45. The van der Waals surface area contributed by atoms with Gasteiger partial charge in [-0.25, -0.2) is 9.78 Å². The van der Waals surface area contributed by atoms with Gasteiger partial charge >= 0.3 is 5.97 Å². The molecular weight excluding hydrogens is 429 g/mol. The molecule has 9 heteroatoms. The summed E-state index contributed by atoms with van der Waals surface area (Å²) in [7, 11) is 0. The van der Waals surface area contributed by atoms with Crippen molar-refractivity contribution in [2.24, 2.45) is 0 Å². The van der Waals surface area contributed by atoms with Gasteiger partial charge in [-0.3, -0.25) is 9.59 Å². The van der Waals surface area contributed by atoms with Crippen molar-refractivity contribution in [3.05, 3.63) is 68.1 Å². The summed E-state index contributed by atoms with van der Waals surface area (Å²) in [6, 6.07) is 9.35. The van der Waals surface area contributed by atoms with Gasteiger partial charge in [0.2, 0.25) is 0 Å². The number of ether oxygens (including phenoxy) is 1. The first kappa shape index (κ1) is 21.8. The Morgan fingerprint density at radius 3 is 2.60 bits per heavy atom. The van der Waals surface area contributed by atoms with Gasteiger partial charge < -0.3 is 14.6 Å². The molecule has 3 aromatic rings. The van der Waals surface area contributed by atoms with Crippen molar-refractivity contribution >= 4 is 51.8 Å². The number of esters is 1. The number of aryl methyl sites for hydroxylation is 2. The van der Waals surface area contributed by atoms with Crippen LogP contribution in [0, 0.1) is 6.92 Å². The number of nitrogens with one attached hydrogen (secondary N) is 1. The van der Waals surface area contributed by atoms with E-state index in [4.69, 9.17) is 27.9 Å². The zero-order valence-corrected chi connectivity index (χ0v) is 18.0. The molecule has 1 aromatic heterocycles. The number of aromatic nitrogens is 2. The van der Waals surface area contributed by atoms with Crippen LogP contribution in [0.15, 0.2) is 41.2 Å². The number of carbonyl (C=O) groups excluding carboxylic acids is 2. The summed E-state index contributed by atoms with van der Waals surface area (Å²) in [6.45, 7) is 5.41. The number of carbonyl (C=O) groups is 2. The highest BCUT2D eigenvalue weighted by Crippen LogP contribution is 2.25. The van der Waals surface area contributed by atoms with Crippen LogP contribution in [0.5, 0.6) is 0 Å². The Morgan fingerprint density at radius 1 is 1.20 bits per heavy atom. The van der Waals surface area contributed by atoms with Crippen LogP contribution < -0.4 is 10.9 Å². The molecule has 0 aliphatic heterocycles. The molecule has 156 valence electrons. The number of nitrogens with zero attached hydrogens (tertiary/aromatic N) is 2. The maximum atomic E-state index is 12.5. The molecule has 0 spiro atoms. The second kappa shape index (κ2) is 8.85. The SMILES string of the molecule is CCn1c(=O)c(C)nc2cc(C(=O)OC(C)C(=O)Nc3ccc(Cl)cc3Cl)ccc21. The summed E-state index contributed by atoms with van der Waals surface area (Å²) in [6.07, 6.45) is -1.07. The van der Waals surface area contributed by atoms with Crippen molar-refractivity contribution in [3.8, 4) is 0 Å². The molecule has 1 heterocycles. The number of rotatable bonds is 5. The van der Waals surface area contributed by atoms with Crippen LogP contribution in [0.25, 0.3) is 11.0 Å². The molecule has 0 fully saturated rings. The largest absolute Gasteiger partial charge is 0.449 e. The van der Waals surface area contributed by atoms with Crippen LogP contribution in [-0.2, 0) is 16.1 Å². The predicted octanol–water partition coefficient (Wildman–Crippen LogP) is 4.22. The Hall–Kier alpha value is -2.90. The number of halogens is 2. The molecule has 1 N–H and O–H groups in total. The summed E-state index contributed by atoms with van der Waals surface area (Å²) >= 11 is 11.9. The highest BCUT2D eigenvalue weighted by atomic mass is 35.5. The smallest absolute Gasteiger partial charge is 0.338 e. The summed E-state index contributed by atoms with van der Waals surface area (Å²) < 4.78 is 6.86. The standard InChI is InChI=1S/C21H19Cl2N3O4/c1-4-26-18-8-5-13(9-17(18)24-11(2)20(26)28)21(29)30-12(3)19(27)25-16-7-6-14(22)10-15(16)23/h5-10,12H,4H2,1-3H3,(H,25,27). The first-order chi connectivity index (χ1) is 14.2. The molecule has 0 aliphatic carbocycles. The molecule has 0 aliphatic rings. The number of amides is 1. The Kier molecular flexibility index (Phi) is 6.43. The fraction of sp³-hybridized carbons (Fsp3) is 0.238. The number of hydrogen-bond acceptors (Lipinski definition) is 5.